The summed E-state index contributed by atoms with van der Waals surface area (Å²) in [5.74, 6) is 1.44. The van der Waals surface area contributed by atoms with Crippen LogP contribution in [0.3, 0.4) is 0 Å². The maximum absolute atomic E-state index is 13.7. The first-order valence-electron chi connectivity index (χ1n) is 10.3. The summed E-state index contributed by atoms with van der Waals surface area (Å²) in [6, 6.07) is 19.5. The lowest BCUT2D eigenvalue weighted by molar-refractivity contribution is 0.0993. The first-order valence-corrected chi connectivity index (χ1v) is 10.3. The highest BCUT2D eigenvalue weighted by Gasteiger charge is 2.22. The van der Waals surface area contributed by atoms with Gasteiger partial charge >= 0.3 is 0 Å². The molecule has 0 saturated heterocycles. The molecule has 1 aromatic heterocycles. The second kappa shape index (κ2) is 9.08. The van der Waals surface area contributed by atoms with Crippen molar-refractivity contribution in [3.63, 3.8) is 0 Å². The molecule has 3 aromatic carbocycles. The minimum absolute atomic E-state index is 0.222. The Hall–Kier alpha value is -4.26. The fourth-order valence-corrected chi connectivity index (χ4v) is 3.77. The summed E-state index contributed by atoms with van der Waals surface area (Å²) in [7, 11) is 6.34. The van der Waals surface area contributed by atoms with Crippen molar-refractivity contribution in [3.8, 4) is 22.9 Å². The molecular weight excluding hydrogens is 420 g/mol. The number of carbonyl (C=O) groups excluding carboxylic acids is 1. The molecule has 33 heavy (non-hydrogen) atoms. The molecule has 0 N–H and O–H groups in total. The van der Waals surface area contributed by atoms with Crippen LogP contribution in [0.15, 0.2) is 77.7 Å². The van der Waals surface area contributed by atoms with Crippen molar-refractivity contribution < 1.29 is 19.0 Å². The Kier molecular flexibility index (Phi) is 6.04. The van der Waals surface area contributed by atoms with E-state index in [2.05, 4.69) is 0 Å². The van der Waals surface area contributed by atoms with Crippen LogP contribution in [0.25, 0.3) is 16.5 Å². The lowest BCUT2D eigenvalue weighted by Gasteiger charge is -2.22. The van der Waals surface area contributed by atoms with Crippen LogP contribution in [-0.2, 0) is 0 Å². The molecule has 4 rings (SSSR count). The number of ether oxygens (including phenoxy) is 3. The molecule has 168 valence electrons. The Labute approximate surface area is 191 Å². The number of pyridine rings is 1. The predicted molar refractivity (Wildman–Crippen MR) is 128 cm³/mol. The van der Waals surface area contributed by atoms with Crippen molar-refractivity contribution in [2.75, 3.05) is 33.3 Å². The Morgan fingerprint density at radius 1 is 0.818 bits per heavy atom. The monoisotopic (exact) mass is 444 g/mol. The number of anilines is 1. The second-order valence-electron chi connectivity index (χ2n) is 7.37. The molecule has 0 aliphatic rings. The fraction of sp³-hybridized carbons (Fsp3) is 0.154. The van der Waals surface area contributed by atoms with E-state index in [-0.39, 0.29) is 11.5 Å². The minimum Gasteiger partial charge on any atom is -0.497 e. The van der Waals surface area contributed by atoms with Gasteiger partial charge in [-0.05, 0) is 30.3 Å². The predicted octanol–water partition coefficient (Wildman–Crippen LogP) is 4.29. The van der Waals surface area contributed by atoms with E-state index in [0.29, 0.717) is 45.0 Å². The second-order valence-corrected chi connectivity index (χ2v) is 7.37. The van der Waals surface area contributed by atoms with Crippen molar-refractivity contribution in [2.24, 2.45) is 0 Å². The number of rotatable bonds is 6. The standard InChI is InChI=1S/C26H24N2O5/c1-27(23-13-12-19(32-3)15-24(23)33-4)25(29)22-16-28(17-8-7-9-18(14-17)31-2)26(30)21-11-6-5-10-20(21)22/h5-16H,1-4H3. The number of amides is 1. The van der Waals surface area contributed by atoms with Crippen molar-refractivity contribution in [1.29, 1.82) is 0 Å². The van der Waals surface area contributed by atoms with Crippen LogP contribution < -0.4 is 24.7 Å². The van der Waals surface area contributed by atoms with Crippen LogP contribution in [0.5, 0.6) is 17.2 Å². The lowest BCUT2D eigenvalue weighted by Crippen LogP contribution is -2.29. The Balaban J connectivity index is 1.89. The molecule has 0 radical (unpaired) electrons. The molecule has 7 nitrogen and oxygen atoms in total. The summed E-state index contributed by atoms with van der Waals surface area (Å²) in [5, 5.41) is 1.02. The van der Waals surface area contributed by atoms with Gasteiger partial charge in [0.2, 0.25) is 0 Å². The van der Waals surface area contributed by atoms with E-state index in [9.17, 15) is 9.59 Å². The van der Waals surface area contributed by atoms with E-state index < -0.39 is 0 Å². The van der Waals surface area contributed by atoms with Gasteiger partial charge in [-0.15, -0.1) is 0 Å². The number of nitrogens with zero attached hydrogens (tertiary/aromatic N) is 2. The van der Waals surface area contributed by atoms with Gasteiger partial charge in [0.05, 0.1) is 38.3 Å². The minimum atomic E-state index is -0.286. The zero-order valence-corrected chi connectivity index (χ0v) is 18.9. The molecule has 0 spiro atoms. The molecule has 0 atom stereocenters. The Bertz CT molecular complexity index is 1390. The highest BCUT2D eigenvalue weighted by molar-refractivity contribution is 6.14. The summed E-state index contributed by atoms with van der Waals surface area (Å²) < 4.78 is 17.5. The average Bonchev–Trinajstić information content (AvgIpc) is 2.87. The van der Waals surface area contributed by atoms with Crippen LogP contribution in [0, 0.1) is 0 Å². The Morgan fingerprint density at radius 2 is 1.52 bits per heavy atom. The first kappa shape index (κ1) is 22.0. The summed E-state index contributed by atoms with van der Waals surface area (Å²) in [4.78, 5) is 28.5. The molecule has 4 aromatic rings. The summed E-state index contributed by atoms with van der Waals surface area (Å²) in [6.45, 7) is 0. The smallest absolute Gasteiger partial charge is 0.262 e. The van der Waals surface area contributed by atoms with E-state index in [1.807, 2.05) is 6.07 Å². The van der Waals surface area contributed by atoms with E-state index >= 15 is 0 Å². The van der Waals surface area contributed by atoms with Gasteiger partial charge in [0.25, 0.3) is 11.5 Å². The van der Waals surface area contributed by atoms with Crippen LogP contribution in [0.1, 0.15) is 10.4 Å². The third kappa shape index (κ3) is 4.01. The van der Waals surface area contributed by atoms with Gasteiger partial charge in [-0.3, -0.25) is 14.2 Å². The van der Waals surface area contributed by atoms with Gasteiger partial charge in [-0.2, -0.15) is 0 Å². The molecule has 0 bridgehead atoms. The summed E-state index contributed by atoms with van der Waals surface area (Å²) in [6.07, 6.45) is 1.58. The van der Waals surface area contributed by atoms with E-state index in [0.717, 1.165) is 0 Å². The number of hydrogen-bond donors (Lipinski definition) is 0. The molecule has 7 heteroatoms. The van der Waals surface area contributed by atoms with Crippen molar-refractivity contribution in [2.45, 2.75) is 0 Å². The normalized spacial score (nSPS) is 10.7. The van der Waals surface area contributed by atoms with E-state index in [4.69, 9.17) is 14.2 Å². The molecule has 1 heterocycles. The average molecular weight is 444 g/mol. The van der Waals surface area contributed by atoms with Gasteiger partial charge in [0.15, 0.2) is 0 Å². The maximum atomic E-state index is 13.7. The number of hydrogen-bond acceptors (Lipinski definition) is 5. The number of carbonyl (C=O) groups is 1. The number of benzene rings is 3. The third-order valence-corrected chi connectivity index (χ3v) is 5.54. The van der Waals surface area contributed by atoms with Crippen LogP contribution in [-0.4, -0.2) is 38.9 Å². The van der Waals surface area contributed by atoms with Crippen LogP contribution in [0.4, 0.5) is 5.69 Å². The van der Waals surface area contributed by atoms with E-state index in [1.165, 1.54) is 16.6 Å². The quantitative estimate of drug-likeness (QED) is 0.444. The van der Waals surface area contributed by atoms with Gasteiger partial charge in [-0.1, -0.05) is 24.3 Å². The number of aromatic nitrogens is 1. The van der Waals surface area contributed by atoms with E-state index in [1.54, 1.807) is 88.1 Å². The van der Waals surface area contributed by atoms with Crippen molar-refractivity contribution in [1.82, 2.24) is 4.57 Å². The van der Waals surface area contributed by atoms with Gasteiger partial charge in [0, 0.05) is 36.1 Å². The zero-order valence-electron chi connectivity index (χ0n) is 18.9. The van der Waals surface area contributed by atoms with Gasteiger partial charge < -0.3 is 19.1 Å². The topological polar surface area (TPSA) is 70.0 Å². The molecule has 0 saturated carbocycles. The summed E-state index contributed by atoms with van der Waals surface area (Å²) in [5.41, 5.74) is 1.34. The third-order valence-electron chi connectivity index (χ3n) is 5.54. The molecule has 1 amide bonds. The molecular formula is C26H24N2O5. The number of methoxy groups -OCH3 is 3. The first-order chi connectivity index (χ1) is 16.0. The highest BCUT2D eigenvalue weighted by atomic mass is 16.5. The molecule has 0 unspecified atom stereocenters. The summed E-state index contributed by atoms with van der Waals surface area (Å²) >= 11 is 0. The van der Waals surface area contributed by atoms with Crippen molar-refractivity contribution in [3.05, 3.63) is 88.8 Å². The zero-order chi connectivity index (χ0) is 23.5. The largest absolute Gasteiger partial charge is 0.497 e. The number of fused-ring (bicyclic) bond motifs is 1. The van der Waals surface area contributed by atoms with Gasteiger partial charge in [0.1, 0.15) is 17.2 Å². The lowest BCUT2D eigenvalue weighted by atomic mass is 10.1. The maximum Gasteiger partial charge on any atom is 0.262 e. The highest BCUT2D eigenvalue weighted by Crippen LogP contribution is 2.33. The van der Waals surface area contributed by atoms with Crippen molar-refractivity contribution >= 4 is 22.4 Å². The fourth-order valence-electron chi connectivity index (χ4n) is 3.77. The molecule has 0 aliphatic heterocycles. The van der Waals surface area contributed by atoms with Crippen LogP contribution in [0.2, 0.25) is 0 Å². The van der Waals surface area contributed by atoms with Gasteiger partial charge in [-0.25, -0.2) is 0 Å². The van der Waals surface area contributed by atoms with Crippen LogP contribution >= 0.6 is 0 Å². The molecule has 0 fully saturated rings. The Morgan fingerprint density at radius 3 is 2.21 bits per heavy atom. The molecule has 0 aliphatic carbocycles. The SMILES string of the molecule is COc1cccc(-n2cc(C(=O)N(C)c3ccc(OC)cc3OC)c3ccccc3c2=O)c1.